The molecular formula is C18H21FN2O. The molecule has 0 fully saturated rings. The third-order valence-electron chi connectivity index (χ3n) is 3.42. The zero-order chi connectivity index (χ0) is 15.9. The average molecular weight is 300 g/mol. The highest BCUT2D eigenvalue weighted by molar-refractivity contribution is 5.92. The van der Waals surface area contributed by atoms with Crippen LogP contribution in [0.3, 0.4) is 0 Å². The molecule has 0 heterocycles. The predicted molar refractivity (Wildman–Crippen MR) is 87.1 cm³/mol. The molecule has 0 radical (unpaired) electrons. The highest BCUT2D eigenvalue weighted by Gasteiger charge is 2.16. The molecule has 2 aromatic carbocycles. The summed E-state index contributed by atoms with van der Waals surface area (Å²) in [5.41, 5.74) is 1.61. The van der Waals surface area contributed by atoms with Gasteiger partial charge in [0.05, 0.1) is 6.54 Å². The fourth-order valence-electron chi connectivity index (χ4n) is 2.37. The van der Waals surface area contributed by atoms with Crippen molar-refractivity contribution in [1.82, 2.24) is 5.32 Å². The Morgan fingerprint density at radius 3 is 2.45 bits per heavy atom. The Hall–Kier alpha value is -2.20. The van der Waals surface area contributed by atoms with Crippen LogP contribution in [0.15, 0.2) is 54.6 Å². The Bertz CT molecular complexity index is 613. The topological polar surface area (TPSA) is 41.1 Å². The minimum Gasteiger partial charge on any atom is -0.325 e. The third kappa shape index (κ3) is 4.67. The summed E-state index contributed by atoms with van der Waals surface area (Å²) in [6, 6.07) is 16.0. The molecule has 0 unspecified atom stereocenters. The lowest BCUT2D eigenvalue weighted by Crippen LogP contribution is -2.33. The second kappa shape index (κ2) is 7.71. The summed E-state index contributed by atoms with van der Waals surface area (Å²) in [7, 11) is 0. The molecule has 0 bridgehead atoms. The second-order valence-corrected chi connectivity index (χ2v) is 5.57. The zero-order valence-electron chi connectivity index (χ0n) is 12.8. The van der Waals surface area contributed by atoms with Gasteiger partial charge in [0.25, 0.3) is 0 Å². The smallest absolute Gasteiger partial charge is 0.238 e. The van der Waals surface area contributed by atoms with Gasteiger partial charge in [0.1, 0.15) is 5.82 Å². The molecule has 0 aromatic heterocycles. The van der Waals surface area contributed by atoms with E-state index in [-0.39, 0.29) is 24.3 Å². The van der Waals surface area contributed by atoms with Crippen LogP contribution < -0.4 is 10.6 Å². The van der Waals surface area contributed by atoms with Crippen LogP contribution in [0.25, 0.3) is 0 Å². The van der Waals surface area contributed by atoms with E-state index in [1.54, 1.807) is 12.1 Å². The minimum absolute atomic E-state index is 0.0967. The Labute approximate surface area is 130 Å². The fraction of sp³-hybridized carbons (Fsp3) is 0.278. The van der Waals surface area contributed by atoms with Crippen LogP contribution in [0.1, 0.15) is 25.5 Å². The normalized spacial score (nSPS) is 12.2. The van der Waals surface area contributed by atoms with Crippen LogP contribution in [0.2, 0.25) is 0 Å². The maximum Gasteiger partial charge on any atom is 0.238 e. The molecule has 2 aromatic rings. The van der Waals surface area contributed by atoms with Crippen molar-refractivity contribution in [2.24, 2.45) is 5.92 Å². The molecule has 22 heavy (non-hydrogen) atoms. The Kier molecular flexibility index (Phi) is 5.67. The summed E-state index contributed by atoms with van der Waals surface area (Å²) in [4.78, 5) is 12.0. The highest BCUT2D eigenvalue weighted by Crippen LogP contribution is 2.21. The molecular weight excluding hydrogens is 279 g/mol. The van der Waals surface area contributed by atoms with Crippen LogP contribution in [0.4, 0.5) is 10.1 Å². The zero-order valence-corrected chi connectivity index (χ0v) is 12.8. The molecule has 0 aliphatic rings. The predicted octanol–water partition coefficient (Wildman–Crippen LogP) is 3.75. The molecule has 2 N–H and O–H groups in total. The van der Waals surface area contributed by atoms with Crippen LogP contribution in [-0.2, 0) is 4.79 Å². The van der Waals surface area contributed by atoms with Crippen molar-refractivity contribution >= 4 is 11.6 Å². The van der Waals surface area contributed by atoms with E-state index in [0.717, 1.165) is 5.56 Å². The maximum atomic E-state index is 13.1. The van der Waals surface area contributed by atoms with Gasteiger partial charge in [-0.15, -0.1) is 0 Å². The van der Waals surface area contributed by atoms with Gasteiger partial charge in [0, 0.05) is 11.7 Å². The van der Waals surface area contributed by atoms with Gasteiger partial charge in [-0.2, -0.15) is 0 Å². The van der Waals surface area contributed by atoms with E-state index in [4.69, 9.17) is 0 Å². The van der Waals surface area contributed by atoms with Crippen molar-refractivity contribution in [3.63, 3.8) is 0 Å². The van der Waals surface area contributed by atoms with Gasteiger partial charge in [0.15, 0.2) is 0 Å². The van der Waals surface area contributed by atoms with E-state index in [9.17, 15) is 9.18 Å². The van der Waals surface area contributed by atoms with Crippen molar-refractivity contribution in [2.75, 3.05) is 11.9 Å². The van der Waals surface area contributed by atoms with Crippen LogP contribution in [0, 0.1) is 11.7 Å². The molecule has 4 heteroatoms. The highest BCUT2D eigenvalue weighted by atomic mass is 19.1. The average Bonchev–Trinajstić information content (AvgIpc) is 2.48. The third-order valence-corrected chi connectivity index (χ3v) is 3.42. The minimum atomic E-state index is -0.366. The lowest BCUT2D eigenvalue weighted by atomic mass is 9.96. The van der Waals surface area contributed by atoms with Crippen LogP contribution in [-0.4, -0.2) is 12.5 Å². The Morgan fingerprint density at radius 2 is 1.82 bits per heavy atom. The largest absolute Gasteiger partial charge is 0.325 e. The summed E-state index contributed by atoms with van der Waals surface area (Å²) >= 11 is 0. The van der Waals surface area contributed by atoms with Crippen LogP contribution in [0.5, 0.6) is 0 Å². The Morgan fingerprint density at radius 1 is 1.09 bits per heavy atom. The SMILES string of the molecule is CC(C)[C@@H](NCC(=O)Nc1cccc(F)c1)c1ccccc1. The number of carbonyl (C=O) groups is 1. The standard InChI is InChI=1S/C18H21FN2O/c1-13(2)18(14-7-4-3-5-8-14)20-12-17(22)21-16-10-6-9-15(19)11-16/h3-11,13,18,20H,12H2,1-2H3,(H,21,22)/t18-/m1/s1. The number of halogens is 1. The molecule has 116 valence electrons. The van der Waals surface area contributed by atoms with Gasteiger partial charge in [-0.1, -0.05) is 50.2 Å². The summed E-state index contributed by atoms with van der Waals surface area (Å²) in [6.45, 7) is 4.39. The number of anilines is 1. The van der Waals surface area contributed by atoms with Gasteiger partial charge in [0.2, 0.25) is 5.91 Å². The first-order chi connectivity index (χ1) is 10.6. The first-order valence-corrected chi connectivity index (χ1v) is 7.40. The van der Waals surface area contributed by atoms with Gasteiger partial charge in [-0.25, -0.2) is 4.39 Å². The summed E-state index contributed by atoms with van der Waals surface area (Å²) < 4.78 is 13.1. The molecule has 0 saturated carbocycles. The van der Waals surface area contributed by atoms with Gasteiger partial charge in [-0.3, -0.25) is 4.79 Å². The van der Waals surface area contributed by atoms with E-state index in [1.165, 1.54) is 12.1 Å². The van der Waals surface area contributed by atoms with E-state index in [2.05, 4.69) is 24.5 Å². The first kappa shape index (κ1) is 16.2. The second-order valence-electron chi connectivity index (χ2n) is 5.57. The number of carbonyl (C=O) groups excluding carboxylic acids is 1. The summed E-state index contributed by atoms with van der Waals surface area (Å²) in [5, 5.41) is 5.95. The molecule has 0 spiro atoms. The monoisotopic (exact) mass is 300 g/mol. The maximum absolute atomic E-state index is 13.1. The molecule has 0 saturated heterocycles. The molecule has 0 aliphatic carbocycles. The van der Waals surface area contributed by atoms with E-state index in [0.29, 0.717) is 11.6 Å². The summed E-state index contributed by atoms with van der Waals surface area (Å²) in [6.07, 6.45) is 0. The molecule has 0 aliphatic heterocycles. The van der Waals surface area contributed by atoms with Crippen LogP contribution >= 0.6 is 0 Å². The van der Waals surface area contributed by atoms with E-state index < -0.39 is 0 Å². The van der Waals surface area contributed by atoms with Crippen molar-refractivity contribution in [3.8, 4) is 0 Å². The number of hydrogen-bond donors (Lipinski definition) is 2. The number of nitrogens with one attached hydrogen (secondary N) is 2. The quantitative estimate of drug-likeness (QED) is 0.853. The number of hydrogen-bond acceptors (Lipinski definition) is 2. The van der Waals surface area contributed by atoms with Crippen molar-refractivity contribution in [3.05, 3.63) is 66.0 Å². The van der Waals surface area contributed by atoms with E-state index >= 15 is 0 Å². The first-order valence-electron chi connectivity index (χ1n) is 7.40. The van der Waals surface area contributed by atoms with Gasteiger partial charge in [-0.05, 0) is 29.7 Å². The number of benzene rings is 2. The molecule has 1 atom stereocenters. The van der Waals surface area contributed by atoms with Gasteiger partial charge >= 0.3 is 0 Å². The Balaban J connectivity index is 1.94. The fourth-order valence-corrected chi connectivity index (χ4v) is 2.37. The molecule has 3 nitrogen and oxygen atoms in total. The van der Waals surface area contributed by atoms with E-state index in [1.807, 2.05) is 30.3 Å². The molecule has 2 rings (SSSR count). The van der Waals surface area contributed by atoms with Crippen molar-refractivity contribution in [1.29, 1.82) is 0 Å². The van der Waals surface area contributed by atoms with Gasteiger partial charge < -0.3 is 10.6 Å². The van der Waals surface area contributed by atoms with Crippen molar-refractivity contribution < 1.29 is 9.18 Å². The van der Waals surface area contributed by atoms with Crippen molar-refractivity contribution in [2.45, 2.75) is 19.9 Å². The summed E-state index contributed by atoms with van der Waals surface area (Å²) in [5.74, 6) is -0.202. The molecule has 1 amide bonds. The lowest BCUT2D eigenvalue weighted by Gasteiger charge is -2.22. The number of rotatable bonds is 6. The lowest BCUT2D eigenvalue weighted by molar-refractivity contribution is -0.115. The number of amides is 1.